The Morgan fingerprint density at radius 2 is 1.19 bits per heavy atom. The summed E-state index contributed by atoms with van der Waals surface area (Å²) < 4.78 is 0. The Morgan fingerprint density at radius 1 is 0.692 bits per heavy atom. The van der Waals surface area contributed by atoms with Crippen LogP contribution < -0.4 is 11.5 Å². The van der Waals surface area contributed by atoms with Crippen molar-refractivity contribution in [2.45, 2.75) is 0 Å². The van der Waals surface area contributed by atoms with Crippen molar-refractivity contribution in [1.29, 1.82) is 0 Å². The number of carboxylic acids is 4. The summed E-state index contributed by atoms with van der Waals surface area (Å²) in [7, 11) is 0. The van der Waals surface area contributed by atoms with E-state index in [-0.39, 0.29) is 33.6 Å². The molecule has 0 amide bonds. The molecule has 0 aliphatic heterocycles. The average Bonchev–Trinajstić information content (AvgIpc) is 2.54. The van der Waals surface area contributed by atoms with Gasteiger partial charge in [0.05, 0.1) is 22.3 Å². The van der Waals surface area contributed by atoms with Crippen LogP contribution in [0.15, 0.2) is 36.4 Å². The zero-order valence-electron chi connectivity index (χ0n) is 13.0. The van der Waals surface area contributed by atoms with Gasteiger partial charge in [-0.1, -0.05) is 6.07 Å². The van der Waals surface area contributed by atoms with E-state index in [4.69, 9.17) is 31.9 Å². The molecule has 136 valence electrons. The quantitative estimate of drug-likeness (QED) is 0.431. The number of aromatic carboxylic acids is 4. The molecule has 2 aromatic rings. The number of nitrogens with two attached hydrogens (primary N) is 2. The summed E-state index contributed by atoms with van der Waals surface area (Å²) in [5.74, 6) is -5.04. The molecule has 8 N–H and O–H groups in total. The number of rotatable bonds is 4. The highest BCUT2D eigenvalue weighted by Gasteiger charge is 2.17. The lowest BCUT2D eigenvalue weighted by atomic mass is 10.1. The Morgan fingerprint density at radius 3 is 1.54 bits per heavy atom. The van der Waals surface area contributed by atoms with Crippen LogP contribution in [0.3, 0.4) is 0 Å². The van der Waals surface area contributed by atoms with Crippen molar-refractivity contribution in [3.63, 3.8) is 0 Å². The number of anilines is 2. The molecule has 0 atom stereocenters. The van der Waals surface area contributed by atoms with Crippen LogP contribution in [-0.2, 0) is 0 Å². The van der Waals surface area contributed by atoms with Gasteiger partial charge in [0.15, 0.2) is 0 Å². The van der Waals surface area contributed by atoms with E-state index in [9.17, 15) is 19.2 Å². The van der Waals surface area contributed by atoms with Gasteiger partial charge in [-0.25, -0.2) is 19.2 Å². The van der Waals surface area contributed by atoms with Gasteiger partial charge in [-0.2, -0.15) is 0 Å². The van der Waals surface area contributed by atoms with E-state index in [2.05, 4.69) is 0 Å². The molecule has 0 unspecified atom stereocenters. The highest BCUT2D eigenvalue weighted by atomic mass is 16.4. The molecule has 0 saturated carbocycles. The first kappa shape index (κ1) is 20.0. The van der Waals surface area contributed by atoms with Gasteiger partial charge in [-0.15, -0.1) is 0 Å². The maximum Gasteiger partial charge on any atom is 0.338 e. The predicted molar refractivity (Wildman–Crippen MR) is 89.5 cm³/mol. The van der Waals surface area contributed by atoms with E-state index in [1.165, 1.54) is 30.3 Å². The minimum absolute atomic E-state index is 0.0487. The van der Waals surface area contributed by atoms with E-state index >= 15 is 0 Å². The molecule has 0 saturated heterocycles. The third-order valence-electron chi connectivity index (χ3n) is 2.99. The van der Waals surface area contributed by atoms with Crippen molar-refractivity contribution in [3.8, 4) is 0 Å². The number of nitrogen functional groups attached to an aromatic ring is 2. The van der Waals surface area contributed by atoms with Crippen molar-refractivity contribution in [1.82, 2.24) is 0 Å². The molecule has 0 fully saturated rings. The first-order valence-electron chi connectivity index (χ1n) is 6.76. The van der Waals surface area contributed by atoms with E-state index < -0.39 is 23.9 Å². The number of hydrogen-bond donors (Lipinski definition) is 6. The molecule has 10 heteroatoms. The van der Waals surface area contributed by atoms with Crippen molar-refractivity contribution < 1.29 is 39.6 Å². The molecule has 0 aliphatic rings. The summed E-state index contributed by atoms with van der Waals surface area (Å²) in [6, 6.07) is 7.40. The molecule has 2 aromatic carbocycles. The minimum atomic E-state index is -1.34. The van der Waals surface area contributed by atoms with Gasteiger partial charge in [0, 0.05) is 11.4 Å². The summed E-state index contributed by atoms with van der Waals surface area (Å²) in [4.78, 5) is 42.1. The summed E-state index contributed by atoms with van der Waals surface area (Å²) in [5.41, 5.74) is 9.78. The maximum absolute atomic E-state index is 10.6. The molecular weight excluding hydrogens is 348 g/mol. The van der Waals surface area contributed by atoms with Gasteiger partial charge in [-0.3, -0.25) is 0 Å². The fraction of sp³-hybridized carbons (Fsp3) is 0. The molecule has 0 aliphatic carbocycles. The molecule has 0 aromatic heterocycles. The minimum Gasteiger partial charge on any atom is -0.478 e. The van der Waals surface area contributed by atoms with Gasteiger partial charge < -0.3 is 31.9 Å². The van der Waals surface area contributed by atoms with Gasteiger partial charge in [0.1, 0.15) is 0 Å². The zero-order valence-corrected chi connectivity index (χ0v) is 13.0. The topological polar surface area (TPSA) is 201 Å². The van der Waals surface area contributed by atoms with Gasteiger partial charge in [0.25, 0.3) is 0 Å². The summed E-state index contributed by atoms with van der Waals surface area (Å²) in [5, 5.41) is 34.4. The molecule has 2 rings (SSSR count). The van der Waals surface area contributed by atoms with Crippen LogP contribution in [0.2, 0.25) is 0 Å². The van der Waals surface area contributed by atoms with Crippen LogP contribution in [0.4, 0.5) is 11.4 Å². The Labute approximate surface area is 145 Å². The SMILES string of the molecule is Nc1cc(C(=O)O)cc(C(=O)O)c1.Nc1cccc(C(=O)O)c1C(=O)O. The highest BCUT2D eigenvalue weighted by Crippen LogP contribution is 2.16. The predicted octanol–water partition coefficient (Wildman–Crippen LogP) is 1.33. The summed E-state index contributed by atoms with van der Waals surface area (Å²) >= 11 is 0. The lowest BCUT2D eigenvalue weighted by molar-refractivity contribution is 0.0652. The highest BCUT2D eigenvalue weighted by molar-refractivity contribution is 6.05. The average molecular weight is 362 g/mol. The second-order valence-electron chi connectivity index (χ2n) is 4.83. The third-order valence-corrected chi connectivity index (χ3v) is 2.99. The molecule has 26 heavy (non-hydrogen) atoms. The van der Waals surface area contributed by atoms with Crippen LogP contribution in [0.1, 0.15) is 41.4 Å². The summed E-state index contributed by atoms with van der Waals surface area (Å²) in [6.07, 6.45) is 0. The van der Waals surface area contributed by atoms with Crippen molar-refractivity contribution in [2.24, 2.45) is 0 Å². The van der Waals surface area contributed by atoms with Crippen molar-refractivity contribution >= 4 is 35.3 Å². The van der Waals surface area contributed by atoms with Gasteiger partial charge in [-0.05, 0) is 30.3 Å². The van der Waals surface area contributed by atoms with Crippen molar-refractivity contribution in [3.05, 3.63) is 58.7 Å². The Hall–Kier alpha value is -4.08. The van der Waals surface area contributed by atoms with Crippen LogP contribution in [0.25, 0.3) is 0 Å². The van der Waals surface area contributed by atoms with Gasteiger partial charge >= 0.3 is 23.9 Å². The molecule has 0 spiro atoms. The van der Waals surface area contributed by atoms with E-state index in [1.54, 1.807) is 0 Å². The van der Waals surface area contributed by atoms with Crippen LogP contribution in [0, 0.1) is 0 Å². The molecule has 0 bridgehead atoms. The number of carboxylic acid groups (broad SMARTS) is 4. The molecule has 0 heterocycles. The van der Waals surface area contributed by atoms with E-state index in [1.807, 2.05) is 0 Å². The number of hydrogen-bond acceptors (Lipinski definition) is 6. The lowest BCUT2D eigenvalue weighted by Crippen LogP contribution is -2.10. The molecule has 10 nitrogen and oxygen atoms in total. The standard InChI is InChI=1S/2C8H7NO4/c9-6-2-4(7(10)11)1-5(3-6)8(12)13;9-5-3-1-2-4(7(10)11)6(5)8(12)13/h2*1-3H,9H2,(H,10,11)(H,12,13). The normalized spacial score (nSPS) is 9.54. The monoisotopic (exact) mass is 362 g/mol. The largest absolute Gasteiger partial charge is 0.478 e. The van der Waals surface area contributed by atoms with Gasteiger partial charge in [0.2, 0.25) is 0 Å². The van der Waals surface area contributed by atoms with Crippen LogP contribution >= 0.6 is 0 Å². The third kappa shape index (κ3) is 4.96. The first-order chi connectivity index (χ1) is 12.0. The van der Waals surface area contributed by atoms with Crippen LogP contribution in [-0.4, -0.2) is 44.3 Å². The second kappa shape index (κ2) is 8.15. The maximum atomic E-state index is 10.6. The smallest absolute Gasteiger partial charge is 0.338 e. The number of benzene rings is 2. The second-order valence-corrected chi connectivity index (χ2v) is 4.83. The van der Waals surface area contributed by atoms with E-state index in [0.717, 1.165) is 6.07 Å². The number of carbonyl (C=O) groups is 4. The lowest BCUT2D eigenvalue weighted by Gasteiger charge is -2.03. The molecule has 0 radical (unpaired) electrons. The fourth-order valence-electron chi connectivity index (χ4n) is 1.89. The molecular formula is C16H14N2O8. The van der Waals surface area contributed by atoms with Crippen LogP contribution in [0.5, 0.6) is 0 Å². The Kier molecular flexibility index (Phi) is 6.26. The fourth-order valence-corrected chi connectivity index (χ4v) is 1.89. The Bertz CT molecular complexity index is 860. The summed E-state index contributed by atoms with van der Waals surface area (Å²) in [6.45, 7) is 0. The van der Waals surface area contributed by atoms with Crippen molar-refractivity contribution in [2.75, 3.05) is 11.5 Å². The van der Waals surface area contributed by atoms with E-state index in [0.29, 0.717) is 0 Å². The Balaban J connectivity index is 0.000000260. The zero-order chi connectivity index (χ0) is 20.0. The first-order valence-corrected chi connectivity index (χ1v) is 6.76.